The third-order valence-corrected chi connectivity index (χ3v) is 8.15. The Morgan fingerprint density at radius 1 is 1.14 bits per heavy atom. The highest BCUT2D eigenvalue weighted by molar-refractivity contribution is 5.17. The minimum absolute atomic E-state index is 0.151. The second-order valence-corrected chi connectivity index (χ2v) is 9.64. The summed E-state index contributed by atoms with van der Waals surface area (Å²) in [7, 11) is 0. The molecule has 0 aromatic rings. The van der Waals surface area contributed by atoms with Gasteiger partial charge in [-0.2, -0.15) is 0 Å². The molecule has 4 rings (SSSR count). The fourth-order valence-electron chi connectivity index (χ4n) is 6.27. The second kappa shape index (κ2) is 5.21. The van der Waals surface area contributed by atoms with Crippen molar-refractivity contribution in [1.29, 1.82) is 0 Å². The lowest BCUT2D eigenvalue weighted by atomic mass is 9.68. The van der Waals surface area contributed by atoms with Crippen molar-refractivity contribution in [3.05, 3.63) is 0 Å². The number of aliphatic hydroxyl groups is 1. The van der Waals surface area contributed by atoms with Crippen molar-refractivity contribution in [2.75, 3.05) is 0 Å². The van der Waals surface area contributed by atoms with Gasteiger partial charge in [0, 0.05) is 10.8 Å². The van der Waals surface area contributed by atoms with Gasteiger partial charge in [-0.25, -0.2) is 0 Å². The normalized spacial score (nSPS) is 40.6. The first kappa shape index (κ1) is 16.8. The Bertz CT molecular complexity index is 413. The Kier molecular flexibility index (Phi) is 3.97. The van der Waals surface area contributed by atoms with Gasteiger partial charge in [-0.15, -0.1) is 0 Å². The summed E-state index contributed by atoms with van der Waals surface area (Å²) in [4.78, 5) is 0. The molecule has 2 heteroatoms. The summed E-state index contributed by atoms with van der Waals surface area (Å²) in [6.07, 6.45) is 6.97. The van der Waals surface area contributed by atoms with Gasteiger partial charge in [0.2, 0.25) is 0 Å². The average Bonchev–Trinajstić information content (AvgIpc) is 3.11. The van der Waals surface area contributed by atoms with Gasteiger partial charge in [-0.1, -0.05) is 34.1 Å². The molecule has 0 aliphatic heterocycles. The zero-order chi connectivity index (χ0) is 16.3. The van der Waals surface area contributed by atoms with E-state index in [1.54, 1.807) is 0 Å². The molecule has 0 amide bonds. The Labute approximate surface area is 137 Å². The van der Waals surface area contributed by atoms with Crippen molar-refractivity contribution < 1.29 is 9.84 Å². The quantitative estimate of drug-likeness (QED) is 0.671. The lowest BCUT2D eigenvalue weighted by molar-refractivity contribution is -0.268. The standard InChI is InChI=1S/C20H36O2/c1-7-8-19(6,13(2)3)17(21)22-18(4,5)20-11-14-9-16(20)10-15(14)12-20/h13-17,21H,7-12H2,1-6H3. The molecule has 1 N–H and O–H groups in total. The van der Waals surface area contributed by atoms with Crippen LogP contribution in [-0.2, 0) is 4.74 Å². The van der Waals surface area contributed by atoms with Crippen LogP contribution in [0.5, 0.6) is 0 Å². The first-order valence-electron chi connectivity index (χ1n) is 9.52. The molecule has 0 saturated heterocycles. The van der Waals surface area contributed by atoms with Crippen LogP contribution in [0.3, 0.4) is 0 Å². The van der Waals surface area contributed by atoms with Crippen molar-refractivity contribution in [3.8, 4) is 0 Å². The summed E-state index contributed by atoms with van der Waals surface area (Å²) in [6.45, 7) is 13.3. The van der Waals surface area contributed by atoms with Crippen molar-refractivity contribution in [2.45, 2.75) is 92.0 Å². The van der Waals surface area contributed by atoms with E-state index in [0.717, 1.165) is 30.6 Å². The van der Waals surface area contributed by atoms with Crippen LogP contribution in [0.15, 0.2) is 0 Å². The minimum Gasteiger partial charge on any atom is -0.367 e. The molecule has 4 aliphatic rings. The van der Waals surface area contributed by atoms with Crippen LogP contribution in [0.4, 0.5) is 0 Å². The van der Waals surface area contributed by atoms with Gasteiger partial charge >= 0.3 is 0 Å². The van der Waals surface area contributed by atoms with Crippen LogP contribution in [0.25, 0.3) is 0 Å². The zero-order valence-electron chi connectivity index (χ0n) is 15.5. The van der Waals surface area contributed by atoms with Crippen molar-refractivity contribution >= 4 is 0 Å². The molecule has 2 nitrogen and oxygen atoms in total. The summed E-state index contributed by atoms with van der Waals surface area (Å²) in [5.41, 5.74) is -0.0172. The highest BCUT2D eigenvalue weighted by Gasteiger charge is 2.68. The van der Waals surface area contributed by atoms with Gasteiger partial charge in [0.1, 0.15) is 0 Å². The van der Waals surface area contributed by atoms with E-state index in [4.69, 9.17) is 4.74 Å². The maximum Gasteiger partial charge on any atom is 0.160 e. The van der Waals surface area contributed by atoms with Gasteiger partial charge in [-0.05, 0) is 69.6 Å². The van der Waals surface area contributed by atoms with Crippen molar-refractivity contribution in [2.24, 2.45) is 34.5 Å². The van der Waals surface area contributed by atoms with E-state index in [2.05, 4.69) is 41.5 Å². The first-order valence-corrected chi connectivity index (χ1v) is 9.52. The Hall–Kier alpha value is -0.0800. The number of aliphatic hydroxyl groups excluding tert-OH is 1. The third kappa shape index (κ3) is 2.13. The predicted molar refractivity (Wildman–Crippen MR) is 90.4 cm³/mol. The lowest BCUT2D eigenvalue weighted by Gasteiger charge is -2.49. The number of hydrogen-bond acceptors (Lipinski definition) is 2. The second-order valence-electron chi connectivity index (χ2n) is 9.64. The fourth-order valence-corrected chi connectivity index (χ4v) is 6.27. The summed E-state index contributed by atoms with van der Waals surface area (Å²) >= 11 is 0. The summed E-state index contributed by atoms with van der Waals surface area (Å²) in [5, 5.41) is 11.0. The van der Waals surface area contributed by atoms with E-state index >= 15 is 0 Å². The zero-order valence-corrected chi connectivity index (χ0v) is 15.5. The lowest BCUT2D eigenvalue weighted by Crippen LogP contribution is -2.51. The van der Waals surface area contributed by atoms with Crippen LogP contribution in [-0.4, -0.2) is 17.0 Å². The minimum atomic E-state index is -0.659. The highest BCUT2D eigenvalue weighted by Crippen LogP contribution is 2.74. The Morgan fingerprint density at radius 3 is 2.05 bits per heavy atom. The van der Waals surface area contributed by atoms with Crippen LogP contribution in [0, 0.1) is 34.5 Å². The van der Waals surface area contributed by atoms with Crippen molar-refractivity contribution in [3.63, 3.8) is 0 Å². The van der Waals surface area contributed by atoms with E-state index in [-0.39, 0.29) is 11.0 Å². The van der Waals surface area contributed by atoms with Crippen LogP contribution >= 0.6 is 0 Å². The largest absolute Gasteiger partial charge is 0.367 e. The molecule has 4 bridgehead atoms. The molecular formula is C20H36O2. The summed E-state index contributed by atoms with van der Waals surface area (Å²) in [6, 6.07) is 0. The molecule has 0 aromatic heterocycles. The molecule has 4 fully saturated rings. The Morgan fingerprint density at radius 2 is 1.68 bits per heavy atom. The van der Waals surface area contributed by atoms with Gasteiger partial charge in [0.05, 0.1) is 5.60 Å². The number of rotatable bonds is 7. The van der Waals surface area contributed by atoms with Crippen molar-refractivity contribution in [1.82, 2.24) is 0 Å². The maximum atomic E-state index is 11.0. The molecule has 4 atom stereocenters. The number of hydrogen-bond donors (Lipinski definition) is 1. The molecular weight excluding hydrogens is 272 g/mol. The van der Waals surface area contributed by atoms with Gasteiger partial charge in [0.15, 0.2) is 6.29 Å². The highest BCUT2D eigenvalue weighted by atomic mass is 16.6. The van der Waals surface area contributed by atoms with E-state index in [1.807, 2.05) is 0 Å². The predicted octanol–water partition coefficient (Wildman–Crippen LogP) is 5.00. The molecule has 4 aliphatic carbocycles. The van der Waals surface area contributed by atoms with E-state index in [1.165, 1.54) is 25.7 Å². The number of ether oxygens (including phenoxy) is 1. The van der Waals surface area contributed by atoms with E-state index < -0.39 is 6.29 Å². The molecule has 0 spiro atoms. The van der Waals surface area contributed by atoms with Gasteiger partial charge in [-0.3, -0.25) is 0 Å². The average molecular weight is 309 g/mol. The fraction of sp³-hybridized carbons (Fsp3) is 1.00. The molecule has 0 aromatic carbocycles. The SMILES string of the molecule is CCCC(C)(C(C)C)C(O)OC(C)(C)C12CC3CC1CC3C2. The molecule has 0 heterocycles. The van der Waals surface area contributed by atoms with E-state index in [0.29, 0.717) is 11.3 Å². The topological polar surface area (TPSA) is 29.5 Å². The first-order chi connectivity index (χ1) is 10.2. The molecule has 22 heavy (non-hydrogen) atoms. The third-order valence-electron chi connectivity index (χ3n) is 8.15. The maximum absolute atomic E-state index is 11.0. The van der Waals surface area contributed by atoms with Gasteiger partial charge in [0.25, 0.3) is 0 Å². The van der Waals surface area contributed by atoms with Gasteiger partial charge < -0.3 is 9.84 Å². The van der Waals surface area contributed by atoms with Crippen LogP contribution in [0.1, 0.15) is 80.1 Å². The summed E-state index contributed by atoms with van der Waals surface area (Å²) in [5.74, 6) is 3.18. The molecule has 4 unspecified atom stereocenters. The Balaban J connectivity index is 1.77. The molecule has 4 saturated carbocycles. The monoisotopic (exact) mass is 308 g/mol. The molecule has 128 valence electrons. The smallest absolute Gasteiger partial charge is 0.160 e. The summed E-state index contributed by atoms with van der Waals surface area (Å²) < 4.78 is 6.47. The van der Waals surface area contributed by atoms with Crippen LogP contribution in [0.2, 0.25) is 0 Å². The van der Waals surface area contributed by atoms with E-state index in [9.17, 15) is 5.11 Å². The van der Waals surface area contributed by atoms with Crippen LogP contribution < -0.4 is 0 Å². The molecule has 0 radical (unpaired) electrons.